The lowest BCUT2D eigenvalue weighted by Gasteiger charge is -2.26. The average Bonchev–Trinajstić information content (AvgIpc) is 2.70. The molecule has 1 aromatic heterocycles. The number of nitrogens with one attached hydrogen (secondary N) is 2. The van der Waals surface area contributed by atoms with Crippen LogP contribution in [0.15, 0.2) is 71.1 Å². The molecule has 0 saturated carbocycles. The topological polar surface area (TPSA) is 121 Å². The number of hydrazine groups is 1. The first-order valence-corrected chi connectivity index (χ1v) is 8.96. The zero-order valence-electron chi connectivity index (χ0n) is 14.4. The maximum atomic E-state index is 12.2. The lowest BCUT2D eigenvalue weighted by atomic mass is 9.93. The van der Waals surface area contributed by atoms with Crippen LogP contribution in [0.2, 0.25) is 0 Å². The van der Waals surface area contributed by atoms with E-state index in [-0.39, 0.29) is 17.9 Å². The molecule has 1 aliphatic carbocycles. The monoisotopic (exact) mass is 445 g/mol. The average molecular weight is 446 g/mol. The van der Waals surface area contributed by atoms with Crippen LogP contribution >= 0.6 is 15.9 Å². The molecule has 2 amide bonds. The van der Waals surface area contributed by atoms with Crippen molar-refractivity contribution in [2.24, 2.45) is 0 Å². The van der Waals surface area contributed by atoms with E-state index in [1.807, 2.05) is 18.2 Å². The van der Waals surface area contributed by atoms with Gasteiger partial charge in [-0.3, -0.25) is 25.4 Å². The molecule has 1 atom stereocenters. The van der Waals surface area contributed by atoms with Gasteiger partial charge in [-0.1, -0.05) is 18.2 Å². The number of aliphatic hydroxyl groups is 2. The van der Waals surface area contributed by atoms with Crippen molar-refractivity contribution in [1.82, 2.24) is 15.8 Å². The van der Waals surface area contributed by atoms with Gasteiger partial charge >= 0.3 is 0 Å². The molecular formula is C19H16BrN3O5. The SMILES string of the molecule is O=C(NNC(=O)C1(O)C=CC(Br)=C(O)C1)c1cc(Oc2ccccc2)ccn1. The van der Waals surface area contributed by atoms with Crippen molar-refractivity contribution in [3.8, 4) is 11.5 Å². The Labute approximate surface area is 168 Å². The third kappa shape index (κ3) is 4.56. The van der Waals surface area contributed by atoms with Gasteiger partial charge in [-0.2, -0.15) is 0 Å². The maximum absolute atomic E-state index is 12.2. The number of amides is 2. The fourth-order valence-corrected chi connectivity index (χ4v) is 2.64. The molecule has 0 spiro atoms. The van der Waals surface area contributed by atoms with Crippen molar-refractivity contribution in [2.45, 2.75) is 12.0 Å². The van der Waals surface area contributed by atoms with E-state index in [1.54, 1.807) is 18.2 Å². The number of allylic oxidation sites excluding steroid dienone is 2. The van der Waals surface area contributed by atoms with Gasteiger partial charge in [-0.25, -0.2) is 0 Å². The standard InChI is InChI=1S/C19H16BrN3O5/c20-14-6-8-19(27,11-16(14)24)18(26)23-22-17(25)15-10-13(7-9-21-15)28-12-4-2-1-3-5-12/h1-10,24,27H,11H2,(H,22,25)(H,23,26). The van der Waals surface area contributed by atoms with Crippen LogP contribution < -0.4 is 15.6 Å². The van der Waals surface area contributed by atoms with Gasteiger partial charge in [-0.05, 0) is 46.3 Å². The Hall–Kier alpha value is -3.17. The summed E-state index contributed by atoms with van der Waals surface area (Å²) >= 11 is 3.09. The van der Waals surface area contributed by atoms with E-state index in [4.69, 9.17) is 4.74 Å². The summed E-state index contributed by atoms with van der Waals surface area (Å²) in [5.74, 6) is -0.791. The Bertz CT molecular complexity index is 961. The third-order valence-electron chi connectivity index (χ3n) is 3.84. The van der Waals surface area contributed by atoms with E-state index in [0.29, 0.717) is 16.0 Å². The second-order valence-corrected chi connectivity index (χ2v) is 6.78. The molecule has 1 aromatic carbocycles. The molecule has 2 aromatic rings. The predicted molar refractivity (Wildman–Crippen MR) is 104 cm³/mol. The van der Waals surface area contributed by atoms with E-state index in [2.05, 4.69) is 31.8 Å². The molecular weight excluding hydrogens is 430 g/mol. The fraction of sp³-hybridized carbons (Fsp3) is 0.105. The molecule has 4 N–H and O–H groups in total. The third-order valence-corrected chi connectivity index (χ3v) is 4.57. The number of para-hydroxylation sites is 1. The van der Waals surface area contributed by atoms with Gasteiger partial charge in [0, 0.05) is 18.7 Å². The number of hydrogen-bond acceptors (Lipinski definition) is 6. The van der Waals surface area contributed by atoms with E-state index in [9.17, 15) is 19.8 Å². The maximum Gasteiger partial charge on any atom is 0.288 e. The van der Waals surface area contributed by atoms with Gasteiger partial charge in [0.05, 0.1) is 4.48 Å². The second kappa shape index (κ2) is 8.24. The van der Waals surface area contributed by atoms with E-state index >= 15 is 0 Å². The Balaban J connectivity index is 1.62. The number of aromatic nitrogens is 1. The van der Waals surface area contributed by atoms with Gasteiger partial charge in [0.15, 0.2) is 5.60 Å². The quantitative estimate of drug-likeness (QED) is 0.536. The van der Waals surface area contributed by atoms with E-state index in [1.165, 1.54) is 24.4 Å². The first-order valence-electron chi connectivity index (χ1n) is 8.16. The first kappa shape index (κ1) is 19.6. The molecule has 1 unspecified atom stereocenters. The van der Waals surface area contributed by atoms with Gasteiger partial charge in [-0.15, -0.1) is 0 Å². The highest BCUT2D eigenvalue weighted by Crippen LogP contribution is 2.28. The first-order chi connectivity index (χ1) is 13.4. The largest absolute Gasteiger partial charge is 0.511 e. The summed E-state index contributed by atoms with van der Waals surface area (Å²) in [6.45, 7) is 0. The minimum Gasteiger partial charge on any atom is -0.511 e. The van der Waals surface area contributed by atoms with Crippen LogP contribution in [0.4, 0.5) is 0 Å². The number of hydrogen-bond donors (Lipinski definition) is 4. The van der Waals surface area contributed by atoms with Crippen molar-refractivity contribution in [2.75, 3.05) is 0 Å². The van der Waals surface area contributed by atoms with Gasteiger partial charge < -0.3 is 14.9 Å². The van der Waals surface area contributed by atoms with Crippen LogP contribution in [-0.4, -0.2) is 32.6 Å². The molecule has 0 bridgehead atoms. The number of carbonyl (C=O) groups is 2. The molecule has 1 heterocycles. The number of pyridine rings is 1. The summed E-state index contributed by atoms with van der Waals surface area (Å²) in [7, 11) is 0. The highest BCUT2D eigenvalue weighted by molar-refractivity contribution is 9.11. The minimum absolute atomic E-state index is 0.00500. The van der Waals surface area contributed by atoms with Gasteiger partial charge in [0.1, 0.15) is 23.0 Å². The summed E-state index contributed by atoms with van der Waals surface area (Å²) in [6.07, 6.45) is 3.63. The predicted octanol–water partition coefficient (Wildman–Crippen LogP) is 2.49. The highest BCUT2D eigenvalue weighted by atomic mass is 79.9. The molecule has 0 fully saturated rings. The van der Waals surface area contributed by atoms with Crippen molar-refractivity contribution < 1.29 is 24.5 Å². The molecule has 0 aliphatic heterocycles. The van der Waals surface area contributed by atoms with Crippen molar-refractivity contribution in [3.05, 3.63) is 76.7 Å². The molecule has 0 saturated heterocycles. The highest BCUT2D eigenvalue weighted by Gasteiger charge is 2.37. The molecule has 3 rings (SSSR count). The van der Waals surface area contributed by atoms with Crippen molar-refractivity contribution in [3.63, 3.8) is 0 Å². The zero-order valence-corrected chi connectivity index (χ0v) is 16.0. The Morgan fingerprint density at radius 2 is 1.89 bits per heavy atom. The summed E-state index contributed by atoms with van der Waals surface area (Å²) < 4.78 is 6.00. The number of ether oxygens (including phenoxy) is 1. The molecule has 144 valence electrons. The lowest BCUT2D eigenvalue weighted by molar-refractivity contribution is -0.136. The van der Waals surface area contributed by atoms with Crippen LogP contribution in [0.25, 0.3) is 0 Å². The Kier molecular flexibility index (Phi) is 5.76. The van der Waals surface area contributed by atoms with Crippen LogP contribution in [0, 0.1) is 0 Å². The number of benzene rings is 1. The molecule has 1 aliphatic rings. The van der Waals surface area contributed by atoms with Crippen LogP contribution in [0.5, 0.6) is 11.5 Å². The van der Waals surface area contributed by atoms with Crippen molar-refractivity contribution >= 4 is 27.7 Å². The molecule has 28 heavy (non-hydrogen) atoms. The summed E-state index contributed by atoms with van der Waals surface area (Å²) in [6, 6.07) is 12.0. The van der Waals surface area contributed by atoms with Gasteiger partial charge in [0.2, 0.25) is 0 Å². The van der Waals surface area contributed by atoms with Crippen LogP contribution in [-0.2, 0) is 4.79 Å². The minimum atomic E-state index is -1.99. The normalized spacial score (nSPS) is 18.5. The van der Waals surface area contributed by atoms with Crippen LogP contribution in [0.3, 0.4) is 0 Å². The lowest BCUT2D eigenvalue weighted by Crippen LogP contribution is -2.53. The number of carbonyl (C=O) groups excluding carboxylic acids is 2. The van der Waals surface area contributed by atoms with E-state index in [0.717, 1.165) is 0 Å². The number of nitrogens with zero attached hydrogens (tertiary/aromatic N) is 1. The summed E-state index contributed by atoms with van der Waals surface area (Å²) in [5.41, 5.74) is 2.32. The molecule has 8 nitrogen and oxygen atoms in total. The fourth-order valence-electron chi connectivity index (χ4n) is 2.37. The number of rotatable bonds is 4. The van der Waals surface area contributed by atoms with E-state index < -0.39 is 17.4 Å². The second-order valence-electron chi connectivity index (χ2n) is 5.93. The number of halogens is 1. The summed E-state index contributed by atoms with van der Waals surface area (Å²) in [4.78, 5) is 28.4. The molecule has 0 radical (unpaired) electrons. The van der Waals surface area contributed by atoms with Crippen molar-refractivity contribution in [1.29, 1.82) is 0 Å². The van der Waals surface area contributed by atoms with Gasteiger partial charge in [0.25, 0.3) is 11.8 Å². The number of aliphatic hydroxyl groups excluding tert-OH is 1. The Morgan fingerprint density at radius 1 is 1.14 bits per heavy atom. The van der Waals surface area contributed by atoms with Crippen LogP contribution in [0.1, 0.15) is 16.9 Å². The molecule has 9 heteroatoms. The summed E-state index contributed by atoms with van der Waals surface area (Å²) in [5, 5.41) is 20.0. The zero-order chi connectivity index (χ0) is 20.1. The Morgan fingerprint density at radius 3 is 2.61 bits per heavy atom. The smallest absolute Gasteiger partial charge is 0.288 e.